The smallest absolute Gasteiger partial charge is 0.150 e. The monoisotopic (exact) mass is 462 g/mol. The van der Waals surface area contributed by atoms with Gasteiger partial charge in [-0.2, -0.15) is 0 Å². The molecule has 1 nitrogen and oxygen atoms in total. The van der Waals surface area contributed by atoms with E-state index in [1.807, 2.05) is 48.5 Å². The molecular weight excluding hydrogens is 431 g/mol. The van der Waals surface area contributed by atoms with Crippen LogP contribution < -0.4 is 0 Å². The highest BCUT2D eigenvalue weighted by atomic mass is 19.1. The van der Waals surface area contributed by atoms with Crippen molar-refractivity contribution in [1.29, 1.82) is 0 Å². The molecule has 2 aliphatic carbocycles. The summed E-state index contributed by atoms with van der Waals surface area (Å²) >= 11 is 0. The molecule has 0 unspecified atom stereocenters. The summed E-state index contributed by atoms with van der Waals surface area (Å²) in [6.45, 7) is 9.19. The van der Waals surface area contributed by atoms with E-state index in [0.717, 1.165) is 40.8 Å². The number of halogens is 1. The largest absolute Gasteiger partial charge is 0.298 e. The molecule has 4 aromatic rings. The molecule has 0 radical (unpaired) electrons. The first-order valence-corrected chi connectivity index (χ1v) is 12.3. The summed E-state index contributed by atoms with van der Waals surface area (Å²) in [5.74, 6) is -0.151. The van der Waals surface area contributed by atoms with Gasteiger partial charge in [-0.3, -0.25) is 4.79 Å². The lowest BCUT2D eigenvalue weighted by Gasteiger charge is -2.40. The maximum absolute atomic E-state index is 13.9. The summed E-state index contributed by atoms with van der Waals surface area (Å²) in [6, 6.07) is 23.2. The highest BCUT2D eigenvalue weighted by Crippen LogP contribution is 2.50. The summed E-state index contributed by atoms with van der Waals surface area (Å²) in [4.78, 5) is 10.5. The molecule has 6 rings (SSSR count). The second-order valence-electron chi connectivity index (χ2n) is 11.2. The van der Waals surface area contributed by atoms with Crippen molar-refractivity contribution < 1.29 is 9.18 Å². The maximum atomic E-state index is 13.9. The Labute approximate surface area is 207 Å². The van der Waals surface area contributed by atoms with Crippen molar-refractivity contribution in [3.63, 3.8) is 0 Å². The summed E-state index contributed by atoms with van der Waals surface area (Å²) in [7, 11) is 0. The zero-order chi connectivity index (χ0) is 24.8. The molecule has 0 heterocycles. The SMILES string of the molecule is CC1(C)C=CC2=C(C1)CC(C)(C)c1c2ccc2ccc(F)cc12.O=Cc1ccc2ccccc2c1. The standard InChI is InChI=1S/C22H23F.C11H8O/c1-21(2)10-9-17-15(12-21)13-22(3,4)20-18(17)8-6-14-5-7-16(23)11-19(14)20;12-8-9-5-6-10-3-1-2-4-11(10)7-9/h5-11H,12-13H2,1-4H3;1-8H. The number of hydrogen-bond acceptors (Lipinski definition) is 1. The Morgan fingerprint density at radius 2 is 1.51 bits per heavy atom. The minimum Gasteiger partial charge on any atom is -0.298 e. The van der Waals surface area contributed by atoms with Crippen molar-refractivity contribution >= 4 is 33.4 Å². The van der Waals surface area contributed by atoms with E-state index in [1.165, 1.54) is 22.1 Å². The highest BCUT2D eigenvalue weighted by Gasteiger charge is 2.36. The minimum absolute atomic E-state index is 0.0305. The second kappa shape index (κ2) is 8.61. The van der Waals surface area contributed by atoms with Crippen LogP contribution in [0.1, 0.15) is 62.0 Å². The number of aldehydes is 1. The number of hydrogen-bond donors (Lipinski definition) is 0. The van der Waals surface area contributed by atoms with E-state index in [4.69, 9.17) is 0 Å². The molecule has 4 aromatic carbocycles. The predicted molar refractivity (Wildman–Crippen MR) is 145 cm³/mol. The molecule has 35 heavy (non-hydrogen) atoms. The first-order chi connectivity index (χ1) is 16.7. The van der Waals surface area contributed by atoms with E-state index in [1.54, 1.807) is 17.7 Å². The molecule has 176 valence electrons. The number of allylic oxidation sites excluding steroid dienone is 4. The first kappa shape index (κ1) is 23.2. The van der Waals surface area contributed by atoms with Gasteiger partial charge in [0.1, 0.15) is 12.1 Å². The van der Waals surface area contributed by atoms with E-state index < -0.39 is 0 Å². The van der Waals surface area contributed by atoms with E-state index in [9.17, 15) is 9.18 Å². The maximum Gasteiger partial charge on any atom is 0.150 e. The number of carbonyl (C=O) groups excluding carboxylic acids is 1. The molecule has 0 amide bonds. The van der Waals surface area contributed by atoms with E-state index in [-0.39, 0.29) is 16.6 Å². The average Bonchev–Trinajstić information content (AvgIpc) is 2.82. The van der Waals surface area contributed by atoms with Crippen LogP contribution in [0.15, 0.2) is 90.5 Å². The third kappa shape index (κ3) is 4.46. The predicted octanol–water partition coefficient (Wildman–Crippen LogP) is 9.05. The fraction of sp³-hybridized carbons (Fsp3) is 0.242. The lowest BCUT2D eigenvalue weighted by molar-refractivity contribution is 0.112. The van der Waals surface area contributed by atoms with Crippen LogP contribution in [0, 0.1) is 11.2 Å². The van der Waals surface area contributed by atoms with Crippen LogP contribution in [0.4, 0.5) is 4.39 Å². The van der Waals surface area contributed by atoms with Crippen molar-refractivity contribution in [3.05, 3.63) is 113 Å². The van der Waals surface area contributed by atoms with Crippen LogP contribution >= 0.6 is 0 Å². The van der Waals surface area contributed by atoms with Gasteiger partial charge >= 0.3 is 0 Å². The average molecular weight is 463 g/mol. The van der Waals surface area contributed by atoms with Gasteiger partial charge in [-0.1, -0.05) is 100 Å². The van der Waals surface area contributed by atoms with Crippen LogP contribution in [0.25, 0.3) is 27.1 Å². The minimum atomic E-state index is -0.151. The van der Waals surface area contributed by atoms with Gasteiger partial charge in [-0.15, -0.1) is 0 Å². The van der Waals surface area contributed by atoms with E-state index in [0.29, 0.717) is 0 Å². The highest BCUT2D eigenvalue weighted by molar-refractivity contribution is 5.95. The Balaban J connectivity index is 0.000000178. The van der Waals surface area contributed by atoms with Gasteiger partial charge in [0, 0.05) is 5.56 Å². The van der Waals surface area contributed by atoms with Crippen LogP contribution in [0.3, 0.4) is 0 Å². The number of benzene rings is 4. The number of carbonyl (C=O) groups is 1. The first-order valence-electron chi connectivity index (χ1n) is 12.3. The Morgan fingerprint density at radius 3 is 2.29 bits per heavy atom. The zero-order valence-electron chi connectivity index (χ0n) is 20.9. The summed E-state index contributed by atoms with van der Waals surface area (Å²) in [6.07, 6.45) is 7.65. The van der Waals surface area contributed by atoms with Crippen LogP contribution in [-0.2, 0) is 5.41 Å². The van der Waals surface area contributed by atoms with Crippen LogP contribution in [0.2, 0.25) is 0 Å². The van der Waals surface area contributed by atoms with E-state index in [2.05, 4.69) is 52.0 Å². The van der Waals surface area contributed by atoms with Crippen molar-refractivity contribution in [3.8, 4) is 0 Å². The molecule has 0 aromatic heterocycles. The molecule has 0 bridgehead atoms. The molecule has 0 atom stereocenters. The Kier molecular flexibility index (Phi) is 5.71. The molecule has 0 fully saturated rings. The fourth-order valence-corrected chi connectivity index (χ4v) is 5.72. The van der Waals surface area contributed by atoms with Crippen LogP contribution in [0.5, 0.6) is 0 Å². The molecule has 0 saturated heterocycles. The Bertz CT molecular complexity index is 1520. The molecule has 2 heteroatoms. The molecule has 0 saturated carbocycles. The third-order valence-corrected chi connectivity index (χ3v) is 7.27. The summed E-state index contributed by atoms with van der Waals surface area (Å²) in [5, 5.41) is 4.48. The lowest BCUT2D eigenvalue weighted by atomic mass is 9.64. The lowest BCUT2D eigenvalue weighted by Crippen LogP contribution is -2.27. The van der Waals surface area contributed by atoms with Crippen molar-refractivity contribution in [2.45, 2.75) is 46.0 Å². The Hall–Kier alpha value is -3.52. The van der Waals surface area contributed by atoms with Crippen LogP contribution in [-0.4, -0.2) is 6.29 Å². The van der Waals surface area contributed by atoms with Gasteiger partial charge in [0.05, 0.1) is 0 Å². The van der Waals surface area contributed by atoms with Gasteiger partial charge in [0.15, 0.2) is 0 Å². The second-order valence-corrected chi connectivity index (χ2v) is 11.2. The van der Waals surface area contributed by atoms with Crippen molar-refractivity contribution in [2.75, 3.05) is 0 Å². The van der Waals surface area contributed by atoms with Gasteiger partial charge < -0.3 is 0 Å². The normalized spacial score (nSPS) is 17.4. The van der Waals surface area contributed by atoms with Crippen molar-refractivity contribution in [2.24, 2.45) is 5.41 Å². The van der Waals surface area contributed by atoms with Crippen molar-refractivity contribution in [1.82, 2.24) is 0 Å². The topological polar surface area (TPSA) is 17.1 Å². The fourth-order valence-electron chi connectivity index (χ4n) is 5.72. The van der Waals surface area contributed by atoms with Gasteiger partial charge in [-0.05, 0) is 80.1 Å². The van der Waals surface area contributed by atoms with Gasteiger partial charge in [-0.25, -0.2) is 4.39 Å². The third-order valence-electron chi connectivity index (χ3n) is 7.27. The molecule has 0 N–H and O–H groups in total. The number of rotatable bonds is 1. The number of fused-ring (bicyclic) bond motifs is 5. The summed E-state index contributed by atoms with van der Waals surface area (Å²) < 4.78 is 13.9. The van der Waals surface area contributed by atoms with Gasteiger partial charge in [0.2, 0.25) is 0 Å². The molecule has 0 aliphatic heterocycles. The quantitative estimate of drug-likeness (QED) is 0.258. The van der Waals surface area contributed by atoms with Gasteiger partial charge in [0.25, 0.3) is 0 Å². The Morgan fingerprint density at radius 1 is 0.800 bits per heavy atom. The molecular formula is C33H31FO. The molecule has 2 aliphatic rings. The summed E-state index contributed by atoms with van der Waals surface area (Å²) in [5.41, 5.74) is 6.50. The van der Waals surface area contributed by atoms with E-state index >= 15 is 0 Å². The zero-order valence-corrected chi connectivity index (χ0v) is 20.9. The molecule has 0 spiro atoms.